The second-order valence-corrected chi connectivity index (χ2v) is 8.26. The Morgan fingerprint density at radius 1 is 0.667 bits per heavy atom. The van der Waals surface area contributed by atoms with Crippen LogP contribution in [0.5, 0.6) is 0 Å². The molecule has 3 aromatic rings. The van der Waals surface area contributed by atoms with Crippen LogP contribution in [0.4, 0.5) is 0 Å². The summed E-state index contributed by atoms with van der Waals surface area (Å²) in [7, 11) is -3.74. The fourth-order valence-corrected chi connectivity index (χ4v) is 3.41. The molecule has 0 aliphatic carbocycles. The van der Waals surface area contributed by atoms with Crippen molar-refractivity contribution in [2.75, 3.05) is 0 Å². The van der Waals surface area contributed by atoms with Crippen molar-refractivity contribution in [1.82, 2.24) is 4.83 Å². The largest absolute Gasteiger partial charge is 0.276 e. The summed E-state index contributed by atoms with van der Waals surface area (Å²) in [6.45, 7) is 5.92. The van der Waals surface area contributed by atoms with Crippen molar-refractivity contribution in [3.8, 4) is 0 Å². The van der Waals surface area contributed by atoms with E-state index in [1.807, 2.05) is 69.3 Å². The molecular weight excluding hydrogens is 356 g/mol. The van der Waals surface area contributed by atoms with Gasteiger partial charge in [-0.15, -0.1) is 0 Å². The molecule has 0 spiro atoms. The molecule has 3 rings (SSSR count). The van der Waals surface area contributed by atoms with Gasteiger partial charge in [-0.3, -0.25) is 0 Å². The van der Waals surface area contributed by atoms with Crippen molar-refractivity contribution in [1.29, 1.82) is 0 Å². The Balaban J connectivity index is 2.00. The second kappa shape index (κ2) is 7.76. The summed E-state index contributed by atoms with van der Waals surface area (Å²) in [5, 5.41) is 4.27. The number of nitrogens with zero attached hydrogens (tertiary/aromatic N) is 1. The summed E-state index contributed by atoms with van der Waals surface area (Å²) in [4.78, 5) is 2.57. The summed E-state index contributed by atoms with van der Waals surface area (Å²) in [6, 6.07) is 22.3. The first kappa shape index (κ1) is 18.9. The predicted molar refractivity (Wildman–Crippen MR) is 109 cm³/mol. The van der Waals surface area contributed by atoms with Crippen LogP contribution in [-0.2, 0) is 10.0 Å². The molecule has 0 bridgehead atoms. The van der Waals surface area contributed by atoms with E-state index in [1.165, 1.54) is 0 Å². The van der Waals surface area contributed by atoms with E-state index < -0.39 is 10.0 Å². The lowest BCUT2D eigenvalue weighted by atomic mass is 10.0. The van der Waals surface area contributed by atoms with Crippen LogP contribution >= 0.6 is 0 Å². The summed E-state index contributed by atoms with van der Waals surface area (Å²) >= 11 is 0. The topological polar surface area (TPSA) is 58.5 Å². The Morgan fingerprint density at radius 2 is 1.04 bits per heavy atom. The molecule has 0 aliphatic heterocycles. The van der Waals surface area contributed by atoms with Gasteiger partial charge in [0.2, 0.25) is 0 Å². The molecule has 1 N–H and O–H groups in total. The third kappa shape index (κ3) is 4.63. The third-order valence-corrected chi connectivity index (χ3v) is 5.48. The molecule has 0 unspecified atom stereocenters. The smallest absolute Gasteiger partial charge is 0.200 e. The van der Waals surface area contributed by atoms with Crippen molar-refractivity contribution in [2.24, 2.45) is 5.10 Å². The summed E-state index contributed by atoms with van der Waals surface area (Å²) in [6.07, 6.45) is 0. The van der Waals surface area contributed by atoms with E-state index in [0.29, 0.717) is 5.71 Å². The minimum atomic E-state index is -3.74. The highest BCUT2D eigenvalue weighted by Gasteiger charge is 2.14. The van der Waals surface area contributed by atoms with Gasteiger partial charge in [0.15, 0.2) is 0 Å². The molecule has 5 heteroatoms. The van der Waals surface area contributed by atoms with Gasteiger partial charge in [0.25, 0.3) is 10.0 Å². The number of hydrogen-bond acceptors (Lipinski definition) is 3. The van der Waals surface area contributed by atoms with Crippen LogP contribution in [0.15, 0.2) is 82.8 Å². The van der Waals surface area contributed by atoms with Crippen LogP contribution in [0, 0.1) is 20.8 Å². The fraction of sp³-hybridized carbons (Fsp3) is 0.136. The van der Waals surface area contributed by atoms with Crippen molar-refractivity contribution >= 4 is 15.7 Å². The zero-order valence-corrected chi connectivity index (χ0v) is 16.4. The second-order valence-electron chi connectivity index (χ2n) is 6.60. The predicted octanol–water partition coefficient (Wildman–Crippen LogP) is 4.34. The molecule has 0 aromatic heterocycles. The zero-order valence-electron chi connectivity index (χ0n) is 15.6. The third-order valence-electron chi connectivity index (χ3n) is 4.26. The van der Waals surface area contributed by atoms with Crippen molar-refractivity contribution in [3.05, 3.63) is 101 Å². The molecule has 0 heterocycles. The Labute approximate surface area is 160 Å². The summed E-state index contributed by atoms with van der Waals surface area (Å²) in [5.41, 5.74) is 5.51. The van der Waals surface area contributed by atoms with E-state index >= 15 is 0 Å². The summed E-state index contributed by atoms with van der Waals surface area (Å²) < 4.78 is 25.2. The maximum absolute atomic E-state index is 12.6. The van der Waals surface area contributed by atoms with E-state index in [9.17, 15) is 8.42 Å². The normalized spacial score (nSPS) is 11.1. The van der Waals surface area contributed by atoms with Gasteiger partial charge in [0.05, 0.1) is 10.6 Å². The number of nitrogens with one attached hydrogen (secondary N) is 1. The molecule has 3 aromatic carbocycles. The average Bonchev–Trinajstić information content (AvgIpc) is 2.65. The maximum atomic E-state index is 12.6. The van der Waals surface area contributed by atoms with Crippen LogP contribution in [0.3, 0.4) is 0 Å². The molecule has 138 valence electrons. The molecule has 0 amide bonds. The first-order valence-corrected chi connectivity index (χ1v) is 10.1. The van der Waals surface area contributed by atoms with E-state index in [4.69, 9.17) is 0 Å². The van der Waals surface area contributed by atoms with Crippen LogP contribution in [0.2, 0.25) is 0 Å². The number of sulfonamides is 1. The first-order valence-electron chi connectivity index (χ1n) is 8.65. The van der Waals surface area contributed by atoms with Crippen LogP contribution in [-0.4, -0.2) is 14.1 Å². The lowest BCUT2D eigenvalue weighted by Crippen LogP contribution is -2.21. The Morgan fingerprint density at radius 3 is 1.44 bits per heavy atom. The zero-order chi connectivity index (χ0) is 19.4. The van der Waals surface area contributed by atoms with E-state index in [2.05, 4.69) is 9.93 Å². The van der Waals surface area contributed by atoms with Crippen LogP contribution in [0.25, 0.3) is 0 Å². The average molecular weight is 378 g/mol. The molecular formula is C22H22N2O2S. The summed E-state index contributed by atoms with van der Waals surface area (Å²) in [5.74, 6) is 0. The van der Waals surface area contributed by atoms with E-state index in [0.717, 1.165) is 27.8 Å². The molecule has 4 nitrogen and oxygen atoms in total. The molecule has 0 saturated heterocycles. The first-order chi connectivity index (χ1) is 12.8. The van der Waals surface area contributed by atoms with Crippen molar-refractivity contribution in [2.45, 2.75) is 25.7 Å². The highest BCUT2D eigenvalue weighted by atomic mass is 32.2. The number of hydrogen-bond donors (Lipinski definition) is 1. The van der Waals surface area contributed by atoms with Crippen molar-refractivity contribution in [3.63, 3.8) is 0 Å². The number of benzene rings is 3. The lowest BCUT2D eigenvalue weighted by molar-refractivity contribution is 0.584. The van der Waals surface area contributed by atoms with Gasteiger partial charge in [-0.25, -0.2) is 0 Å². The van der Waals surface area contributed by atoms with Gasteiger partial charge in [-0.2, -0.15) is 18.4 Å². The standard InChI is InChI=1S/C22H22N2O2S/c1-16-4-10-19(11-5-16)22(20-12-6-17(2)7-13-20)23-24-27(25,26)21-14-8-18(3)9-15-21/h4-15,24H,1-3H3. The maximum Gasteiger partial charge on any atom is 0.276 e. The van der Waals surface area contributed by atoms with Crippen LogP contribution in [0.1, 0.15) is 27.8 Å². The minimum Gasteiger partial charge on any atom is -0.200 e. The van der Waals surface area contributed by atoms with Gasteiger partial charge in [0.1, 0.15) is 0 Å². The molecule has 0 radical (unpaired) electrons. The fourth-order valence-electron chi connectivity index (χ4n) is 2.59. The SMILES string of the molecule is Cc1ccc(C(=NNS(=O)(=O)c2ccc(C)cc2)c2ccc(C)cc2)cc1. The number of aryl methyl sites for hydroxylation is 3. The van der Waals surface area contributed by atoms with E-state index in [1.54, 1.807) is 24.3 Å². The molecule has 0 atom stereocenters. The highest BCUT2D eigenvalue weighted by Crippen LogP contribution is 2.15. The Kier molecular flexibility index (Phi) is 5.42. The highest BCUT2D eigenvalue weighted by molar-refractivity contribution is 7.89. The molecule has 0 saturated carbocycles. The van der Waals surface area contributed by atoms with Crippen LogP contribution < -0.4 is 4.83 Å². The monoisotopic (exact) mass is 378 g/mol. The quantitative estimate of drug-likeness (QED) is 0.530. The number of rotatable bonds is 5. The van der Waals surface area contributed by atoms with Gasteiger partial charge >= 0.3 is 0 Å². The van der Waals surface area contributed by atoms with Gasteiger partial charge < -0.3 is 0 Å². The van der Waals surface area contributed by atoms with Gasteiger partial charge in [-0.1, -0.05) is 77.4 Å². The Hall–Kier alpha value is -2.92. The van der Waals surface area contributed by atoms with Gasteiger partial charge in [0, 0.05) is 11.1 Å². The minimum absolute atomic E-state index is 0.184. The Bertz CT molecular complexity index is 1000. The number of hydrazone groups is 1. The molecule has 0 fully saturated rings. The lowest BCUT2D eigenvalue weighted by Gasteiger charge is -2.10. The molecule has 27 heavy (non-hydrogen) atoms. The molecule has 0 aliphatic rings. The van der Waals surface area contributed by atoms with Crippen molar-refractivity contribution < 1.29 is 8.42 Å². The van der Waals surface area contributed by atoms with Gasteiger partial charge in [-0.05, 0) is 32.9 Å². The van der Waals surface area contributed by atoms with E-state index in [-0.39, 0.29) is 4.90 Å².